The molecule has 170 valence electrons. The molecule has 8 heteroatoms. The molecule has 2 aliphatic carbocycles. The summed E-state index contributed by atoms with van der Waals surface area (Å²) in [6.07, 6.45) is 12.0. The van der Waals surface area contributed by atoms with Gasteiger partial charge < -0.3 is 14.9 Å². The highest BCUT2D eigenvalue weighted by Gasteiger charge is 2.51. The number of benzene rings is 1. The van der Waals surface area contributed by atoms with Gasteiger partial charge in [-0.15, -0.1) is 11.6 Å². The van der Waals surface area contributed by atoms with Crippen LogP contribution in [0.15, 0.2) is 46.3 Å². The molecule has 3 aromatic rings. The van der Waals surface area contributed by atoms with Crippen LogP contribution in [0.1, 0.15) is 51.4 Å². The summed E-state index contributed by atoms with van der Waals surface area (Å²) >= 11 is 6.48. The Hall–Kier alpha value is -2.25. The number of nitrogens with one attached hydrogen (secondary N) is 3. The number of aryl methyl sites for hydroxylation is 1. The zero-order valence-electron chi connectivity index (χ0n) is 18.2. The minimum atomic E-state index is -3.15. The summed E-state index contributed by atoms with van der Waals surface area (Å²) in [5.74, 6) is 0. The fraction of sp³-hybridized carbons (Fsp3) is 0.458. The second-order valence-corrected chi connectivity index (χ2v) is 12.5. The van der Waals surface area contributed by atoms with Gasteiger partial charge in [0.1, 0.15) is 9.72 Å². The van der Waals surface area contributed by atoms with Crippen LogP contribution in [0.5, 0.6) is 0 Å². The fourth-order valence-corrected chi connectivity index (χ4v) is 6.78. The molecule has 0 aliphatic heterocycles. The minimum Gasteiger partial charge on any atom is -0.382 e. The first-order chi connectivity index (χ1) is 15.3. The van der Waals surface area contributed by atoms with Crippen LogP contribution in [0.4, 0.5) is 5.69 Å². The van der Waals surface area contributed by atoms with E-state index in [0.29, 0.717) is 29.3 Å². The van der Waals surface area contributed by atoms with Crippen LogP contribution in [0.2, 0.25) is 0 Å². The van der Waals surface area contributed by atoms with Crippen molar-refractivity contribution in [2.75, 3.05) is 5.32 Å². The number of aromatic nitrogens is 2. The molecule has 2 aromatic heterocycles. The molecule has 0 spiro atoms. The number of H-pyrrole nitrogens is 1. The van der Waals surface area contributed by atoms with E-state index in [1.54, 1.807) is 23.9 Å². The van der Waals surface area contributed by atoms with Gasteiger partial charge >= 0.3 is 0 Å². The molecule has 0 bridgehead atoms. The zero-order valence-corrected chi connectivity index (χ0v) is 19.8. The summed E-state index contributed by atoms with van der Waals surface area (Å²) in [4.78, 5) is 16.1. The van der Waals surface area contributed by atoms with E-state index >= 15 is 0 Å². The van der Waals surface area contributed by atoms with Crippen LogP contribution >= 0.6 is 11.6 Å². The van der Waals surface area contributed by atoms with Crippen molar-refractivity contribution in [1.82, 2.24) is 9.55 Å². The summed E-state index contributed by atoms with van der Waals surface area (Å²) in [6.45, 7) is 0. The lowest BCUT2D eigenvalue weighted by Crippen LogP contribution is -2.20. The summed E-state index contributed by atoms with van der Waals surface area (Å²) in [5.41, 5.74) is 3.11. The molecule has 32 heavy (non-hydrogen) atoms. The largest absolute Gasteiger partial charge is 0.382 e. The molecule has 1 unspecified atom stereocenters. The van der Waals surface area contributed by atoms with Crippen molar-refractivity contribution in [3.63, 3.8) is 0 Å². The van der Waals surface area contributed by atoms with Gasteiger partial charge in [0.25, 0.3) is 5.56 Å². The zero-order chi connectivity index (χ0) is 22.5. The first-order valence-electron chi connectivity index (χ1n) is 11.4. The number of aromatic amines is 1. The molecule has 3 N–H and O–H groups in total. The first kappa shape index (κ1) is 21.6. The van der Waals surface area contributed by atoms with Gasteiger partial charge in [-0.2, -0.15) is 0 Å². The number of pyridine rings is 1. The molecule has 1 aromatic carbocycles. The van der Waals surface area contributed by atoms with Crippen LogP contribution in [-0.2, 0) is 16.8 Å². The number of fused-ring (bicyclic) bond motifs is 1. The molecule has 2 fully saturated rings. The average molecular weight is 473 g/mol. The fourth-order valence-electron chi connectivity index (χ4n) is 4.78. The normalized spacial score (nSPS) is 20.6. The standard InChI is InChI=1S/C24H29ClN4O2S/c1-29-15-20(18-10-13-27-22(18)23(29)30)19-14-17(32(26,31)24(25)11-12-24)8-9-21(19)28-16-6-4-2-3-5-7-16/h8-10,13-16,26-28H,2-7,11-12H2,1H3. The van der Waals surface area contributed by atoms with E-state index in [4.69, 9.17) is 16.4 Å². The number of halogens is 1. The molecule has 2 saturated carbocycles. The van der Waals surface area contributed by atoms with E-state index in [2.05, 4.69) is 10.3 Å². The predicted octanol–water partition coefficient (Wildman–Crippen LogP) is 5.80. The van der Waals surface area contributed by atoms with Gasteiger partial charge in [0.05, 0.1) is 9.73 Å². The molecule has 0 amide bonds. The van der Waals surface area contributed by atoms with Crippen LogP contribution in [0.3, 0.4) is 0 Å². The van der Waals surface area contributed by atoms with Crippen LogP contribution < -0.4 is 10.9 Å². The van der Waals surface area contributed by atoms with Gasteiger partial charge in [-0.05, 0) is 49.9 Å². The minimum absolute atomic E-state index is 0.0924. The first-order valence-corrected chi connectivity index (χ1v) is 13.3. The highest BCUT2D eigenvalue weighted by atomic mass is 35.5. The number of rotatable bonds is 5. The lowest BCUT2D eigenvalue weighted by atomic mass is 10.0. The van der Waals surface area contributed by atoms with Gasteiger partial charge in [-0.25, -0.2) is 8.99 Å². The average Bonchev–Trinajstić information content (AvgIpc) is 3.43. The Labute approximate surface area is 193 Å². The van der Waals surface area contributed by atoms with E-state index in [1.807, 2.05) is 24.4 Å². The Morgan fingerprint density at radius 2 is 1.88 bits per heavy atom. The SMILES string of the molecule is Cn1cc(-c2cc(S(=N)(=O)C3(Cl)CC3)ccc2NC2CCCCCC2)c2cc[nH]c2c1=O. The predicted molar refractivity (Wildman–Crippen MR) is 131 cm³/mol. The van der Waals surface area contributed by atoms with Crippen molar-refractivity contribution in [3.8, 4) is 11.1 Å². The molecule has 6 nitrogen and oxygen atoms in total. The Kier molecular flexibility index (Phi) is 5.37. The summed E-state index contributed by atoms with van der Waals surface area (Å²) < 4.78 is 22.6. The third kappa shape index (κ3) is 3.65. The van der Waals surface area contributed by atoms with Crippen molar-refractivity contribution >= 4 is 37.9 Å². The van der Waals surface area contributed by atoms with E-state index in [9.17, 15) is 9.00 Å². The molecule has 2 aliphatic rings. The van der Waals surface area contributed by atoms with E-state index < -0.39 is 13.9 Å². The topological polar surface area (TPSA) is 90.7 Å². The summed E-state index contributed by atoms with van der Waals surface area (Å²) in [7, 11) is -1.41. The van der Waals surface area contributed by atoms with Crippen molar-refractivity contribution in [3.05, 3.63) is 47.0 Å². The van der Waals surface area contributed by atoms with Crippen molar-refractivity contribution in [2.45, 2.75) is 66.5 Å². The van der Waals surface area contributed by atoms with E-state index in [1.165, 1.54) is 25.7 Å². The third-order valence-corrected chi connectivity index (χ3v) is 10.3. The lowest BCUT2D eigenvalue weighted by molar-refractivity contribution is 0.620. The number of hydrogen-bond donors (Lipinski definition) is 3. The van der Waals surface area contributed by atoms with Crippen molar-refractivity contribution in [1.29, 1.82) is 4.78 Å². The van der Waals surface area contributed by atoms with Gasteiger partial charge in [0, 0.05) is 52.6 Å². The summed E-state index contributed by atoms with van der Waals surface area (Å²) in [5, 5.41) is 4.54. The molecule has 0 radical (unpaired) electrons. The smallest absolute Gasteiger partial charge is 0.274 e. The van der Waals surface area contributed by atoms with Crippen LogP contribution in [0.25, 0.3) is 22.0 Å². The molecular formula is C24H29ClN4O2S. The lowest BCUT2D eigenvalue weighted by Gasteiger charge is -2.22. The quantitative estimate of drug-likeness (QED) is 0.323. The molecular weight excluding hydrogens is 444 g/mol. The number of anilines is 1. The Morgan fingerprint density at radius 3 is 2.56 bits per heavy atom. The van der Waals surface area contributed by atoms with E-state index in [-0.39, 0.29) is 5.56 Å². The van der Waals surface area contributed by atoms with Gasteiger partial charge in [0.15, 0.2) is 0 Å². The van der Waals surface area contributed by atoms with Crippen LogP contribution in [0, 0.1) is 4.78 Å². The Balaban J connectivity index is 1.68. The maximum Gasteiger partial charge on any atom is 0.274 e. The second-order valence-electron chi connectivity index (χ2n) is 9.20. The van der Waals surface area contributed by atoms with Gasteiger partial charge in [-0.3, -0.25) is 4.79 Å². The number of hydrogen-bond acceptors (Lipinski definition) is 4. The maximum atomic E-state index is 13.4. The Bertz CT molecular complexity index is 1330. The molecule has 2 heterocycles. The van der Waals surface area contributed by atoms with Gasteiger partial charge in [-0.1, -0.05) is 25.7 Å². The monoisotopic (exact) mass is 472 g/mol. The number of nitrogens with zero attached hydrogens (tertiary/aromatic N) is 1. The van der Waals surface area contributed by atoms with Crippen LogP contribution in [-0.4, -0.2) is 24.0 Å². The molecule has 5 rings (SSSR count). The Morgan fingerprint density at radius 1 is 1.16 bits per heavy atom. The van der Waals surface area contributed by atoms with Gasteiger partial charge in [0.2, 0.25) is 0 Å². The molecule has 1 atom stereocenters. The van der Waals surface area contributed by atoms with Crippen molar-refractivity contribution < 1.29 is 4.21 Å². The highest BCUT2D eigenvalue weighted by molar-refractivity contribution is 7.95. The van der Waals surface area contributed by atoms with E-state index in [0.717, 1.165) is 35.0 Å². The third-order valence-electron chi connectivity index (χ3n) is 6.88. The molecule has 0 saturated heterocycles. The number of alkyl halides is 1. The summed E-state index contributed by atoms with van der Waals surface area (Å²) in [6, 6.07) is 7.85. The van der Waals surface area contributed by atoms with Crippen molar-refractivity contribution in [2.24, 2.45) is 7.05 Å². The highest BCUT2D eigenvalue weighted by Crippen LogP contribution is 2.51. The maximum absolute atomic E-state index is 13.4. The second kappa shape index (κ2) is 7.96.